The number of rotatable bonds is 6. The predicted octanol–water partition coefficient (Wildman–Crippen LogP) is 5.48. The van der Waals surface area contributed by atoms with Gasteiger partial charge in [-0.1, -0.05) is 25.6 Å². The molecule has 0 bridgehead atoms. The average molecular weight is 408 g/mol. The smallest absolute Gasteiger partial charge is 0.272 e. The summed E-state index contributed by atoms with van der Waals surface area (Å²) in [5, 5.41) is 12.2. The number of amidine groups is 1. The first-order valence-corrected chi connectivity index (χ1v) is 10.8. The third-order valence-corrected chi connectivity index (χ3v) is 5.91. The fourth-order valence-electron chi connectivity index (χ4n) is 3.42. The molecule has 0 unspecified atom stereocenters. The fourth-order valence-corrected chi connectivity index (χ4v) is 4.73. The number of nitrogens with zero attached hydrogens (tertiary/aromatic N) is 3. The SMILES string of the molecule is Cc1c(N=C2SC[C@H]([C@@H](C)OC(C)(C)C)N2CC(C)C)ccc([N+](=O)[O-])c1C. The van der Waals surface area contributed by atoms with Crippen LogP contribution < -0.4 is 0 Å². The van der Waals surface area contributed by atoms with E-state index in [1.54, 1.807) is 30.8 Å². The normalized spacial score (nSPS) is 20.2. The Bertz CT molecular complexity index is 756. The summed E-state index contributed by atoms with van der Waals surface area (Å²) in [5.41, 5.74) is 2.27. The summed E-state index contributed by atoms with van der Waals surface area (Å²) in [5.74, 6) is 1.42. The van der Waals surface area contributed by atoms with Gasteiger partial charge in [-0.25, -0.2) is 4.99 Å². The maximum Gasteiger partial charge on any atom is 0.272 e. The third kappa shape index (κ3) is 5.47. The van der Waals surface area contributed by atoms with Crippen LogP contribution >= 0.6 is 11.8 Å². The highest BCUT2D eigenvalue weighted by molar-refractivity contribution is 8.14. The lowest BCUT2D eigenvalue weighted by Crippen LogP contribution is -2.46. The topological polar surface area (TPSA) is 68.0 Å². The van der Waals surface area contributed by atoms with Crippen molar-refractivity contribution in [3.05, 3.63) is 33.4 Å². The van der Waals surface area contributed by atoms with Gasteiger partial charge in [0.05, 0.1) is 28.4 Å². The minimum absolute atomic E-state index is 0.0821. The van der Waals surface area contributed by atoms with E-state index in [4.69, 9.17) is 9.73 Å². The molecule has 7 heteroatoms. The molecule has 1 heterocycles. The maximum atomic E-state index is 11.2. The highest BCUT2D eigenvalue weighted by Crippen LogP contribution is 2.34. The summed E-state index contributed by atoms with van der Waals surface area (Å²) in [6, 6.07) is 3.56. The quantitative estimate of drug-likeness (QED) is 0.461. The minimum Gasteiger partial charge on any atom is -0.371 e. The number of hydrogen-bond donors (Lipinski definition) is 0. The van der Waals surface area contributed by atoms with E-state index in [0.717, 1.165) is 28.7 Å². The van der Waals surface area contributed by atoms with Gasteiger partial charge in [0.25, 0.3) is 5.69 Å². The van der Waals surface area contributed by atoms with E-state index < -0.39 is 0 Å². The molecule has 0 aromatic heterocycles. The van der Waals surface area contributed by atoms with Crippen molar-refractivity contribution in [2.24, 2.45) is 10.9 Å². The molecule has 0 saturated carbocycles. The average Bonchev–Trinajstić information content (AvgIpc) is 2.92. The maximum absolute atomic E-state index is 11.2. The van der Waals surface area contributed by atoms with Crippen molar-refractivity contribution in [2.75, 3.05) is 12.3 Å². The Morgan fingerprint density at radius 3 is 2.46 bits per heavy atom. The van der Waals surface area contributed by atoms with E-state index >= 15 is 0 Å². The molecule has 2 atom stereocenters. The van der Waals surface area contributed by atoms with Crippen LogP contribution in [0.25, 0.3) is 0 Å². The highest BCUT2D eigenvalue weighted by Gasteiger charge is 2.36. The highest BCUT2D eigenvalue weighted by atomic mass is 32.2. The molecule has 0 N–H and O–H groups in total. The van der Waals surface area contributed by atoms with E-state index in [2.05, 4.69) is 46.4 Å². The molecule has 6 nitrogen and oxygen atoms in total. The number of ether oxygens (including phenoxy) is 1. The summed E-state index contributed by atoms with van der Waals surface area (Å²) in [6.45, 7) is 17.4. The molecule has 1 aromatic rings. The van der Waals surface area contributed by atoms with Gasteiger partial charge in [-0.2, -0.15) is 0 Å². The molecule has 1 aliphatic heterocycles. The molecular weight excluding hydrogens is 374 g/mol. The molecule has 1 aliphatic rings. The molecule has 1 aromatic carbocycles. The number of nitro groups is 1. The van der Waals surface area contributed by atoms with Crippen molar-refractivity contribution in [2.45, 2.75) is 73.1 Å². The van der Waals surface area contributed by atoms with E-state index in [0.29, 0.717) is 11.5 Å². The lowest BCUT2D eigenvalue weighted by molar-refractivity contribution is -0.385. The van der Waals surface area contributed by atoms with Crippen LogP contribution in [0.5, 0.6) is 0 Å². The second kappa shape index (κ2) is 8.82. The predicted molar refractivity (Wildman–Crippen MR) is 118 cm³/mol. The van der Waals surface area contributed by atoms with Crippen LogP contribution in [0.4, 0.5) is 11.4 Å². The molecular formula is C21H33N3O3S. The summed E-state index contributed by atoms with van der Waals surface area (Å²) in [7, 11) is 0. The zero-order valence-electron chi connectivity index (χ0n) is 18.3. The lowest BCUT2D eigenvalue weighted by atomic mass is 10.1. The van der Waals surface area contributed by atoms with Crippen LogP contribution in [0.15, 0.2) is 17.1 Å². The Morgan fingerprint density at radius 1 is 1.29 bits per heavy atom. The number of hydrogen-bond acceptors (Lipinski definition) is 5. The minimum atomic E-state index is -0.337. The van der Waals surface area contributed by atoms with Crippen molar-refractivity contribution in [1.29, 1.82) is 0 Å². The summed E-state index contributed by atoms with van der Waals surface area (Å²) < 4.78 is 6.23. The Balaban J connectivity index is 2.36. The summed E-state index contributed by atoms with van der Waals surface area (Å²) in [6.07, 6.45) is 0.0821. The number of thioether (sulfide) groups is 1. The zero-order chi connectivity index (χ0) is 21.2. The van der Waals surface area contributed by atoms with Crippen molar-refractivity contribution < 1.29 is 9.66 Å². The Kier molecular flexibility index (Phi) is 7.15. The first-order chi connectivity index (χ1) is 12.9. The number of aliphatic imine (C=N–C) groups is 1. The molecule has 0 radical (unpaired) electrons. The van der Waals surface area contributed by atoms with Gasteiger partial charge < -0.3 is 9.64 Å². The van der Waals surface area contributed by atoms with E-state index in [-0.39, 0.29) is 28.4 Å². The van der Waals surface area contributed by atoms with Crippen LogP contribution in [0.2, 0.25) is 0 Å². The number of nitro benzene ring substituents is 1. The van der Waals surface area contributed by atoms with Gasteiger partial charge >= 0.3 is 0 Å². The van der Waals surface area contributed by atoms with E-state index in [9.17, 15) is 10.1 Å². The van der Waals surface area contributed by atoms with Gasteiger partial charge in [-0.3, -0.25) is 10.1 Å². The summed E-state index contributed by atoms with van der Waals surface area (Å²) in [4.78, 5) is 18.1. The fraction of sp³-hybridized carbons (Fsp3) is 0.667. The molecule has 0 spiro atoms. The van der Waals surface area contributed by atoms with Crippen molar-refractivity contribution in [3.8, 4) is 0 Å². The van der Waals surface area contributed by atoms with Gasteiger partial charge in [-0.15, -0.1) is 0 Å². The largest absolute Gasteiger partial charge is 0.371 e. The summed E-state index contributed by atoms with van der Waals surface area (Å²) >= 11 is 1.74. The van der Waals surface area contributed by atoms with Crippen LogP contribution in [0.1, 0.15) is 52.7 Å². The molecule has 1 saturated heterocycles. The van der Waals surface area contributed by atoms with Crippen molar-refractivity contribution in [3.63, 3.8) is 0 Å². The molecule has 0 amide bonds. The van der Waals surface area contributed by atoms with E-state index in [1.165, 1.54) is 0 Å². The number of benzene rings is 1. The first-order valence-electron chi connectivity index (χ1n) is 9.81. The van der Waals surface area contributed by atoms with Crippen LogP contribution in [0.3, 0.4) is 0 Å². The molecule has 28 heavy (non-hydrogen) atoms. The lowest BCUT2D eigenvalue weighted by Gasteiger charge is -2.35. The second-order valence-electron chi connectivity index (χ2n) is 8.87. The standard InChI is InChI=1S/C21H33N3O3S/c1-13(2)11-23-19(16(5)27-21(6,7)8)12-28-20(23)22-17-9-10-18(24(25)26)15(4)14(17)3/h9-10,13,16,19H,11-12H2,1-8H3/t16-,19-/m1/s1. The zero-order valence-corrected chi connectivity index (χ0v) is 19.1. The van der Waals surface area contributed by atoms with Gasteiger partial charge in [0.1, 0.15) is 0 Å². The first kappa shape index (κ1) is 22.7. The van der Waals surface area contributed by atoms with Crippen molar-refractivity contribution in [1.82, 2.24) is 4.90 Å². The van der Waals surface area contributed by atoms with Crippen LogP contribution in [0, 0.1) is 29.9 Å². The third-order valence-electron chi connectivity index (χ3n) is 4.82. The van der Waals surface area contributed by atoms with Gasteiger partial charge in [-0.05, 0) is 59.1 Å². The Morgan fingerprint density at radius 2 is 1.93 bits per heavy atom. The molecule has 156 valence electrons. The van der Waals surface area contributed by atoms with E-state index in [1.807, 2.05) is 6.92 Å². The van der Waals surface area contributed by atoms with Crippen LogP contribution in [-0.4, -0.2) is 45.0 Å². The molecule has 2 rings (SSSR count). The molecule has 0 aliphatic carbocycles. The van der Waals surface area contributed by atoms with Gasteiger partial charge in [0.15, 0.2) is 5.17 Å². The Hall–Kier alpha value is -1.60. The Labute approximate surface area is 172 Å². The van der Waals surface area contributed by atoms with Crippen molar-refractivity contribution >= 4 is 28.3 Å². The second-order valence-corrected chi connectivity index (χ2v) is 9.85. The molecule has 1 fully saturated rings. The van der Waals surface area contributed by atoms with Gasteiger partial charge in [0, 0.05) is 23.9 Å². The van der Waals surface area contributed by atoms with Crippen LogP contribution in [-0.2, 0) is 4.74 Å². The van der Waals surface area contributed by atoms with Gasteiger partial charge in [0.2, 0.25) is 0 Å². The monoisotopic (exact) mass is 407 g/mol.